The monoisotopic (exact) mass is 414 g/mol. The van der Waals surface area contributed by atoms with Gasteiger partial charge in [0.1, 0.15) is 0 Å². The molecule has 0 unspecified atom stereocenters. The molecule has 1 N–H and O–H groups in total. The topological polar surface area (TPSA) is 48.5 Å². The first kappa shape index (κ1) is 20.2. The Morgan fingerprint density at radius 2 is 1.67 bits per heavy atom. The van der Waals surface area contributed by atoms with Crippen LogP contribution in [0.15, 0.2) is 54.9 Å². The maximum atomic E-state index is 13.3. The van der Waals surface area contributed by atoms with Gasteiger partial charge in [-0.3, -0.25) is 9.78 Å². The molecule has 1 aliphatic rings. The van der Waals surface area contributed by atoms with Crippen LogP contribution in [0, 0.1) is 0 Å². The second-order valence-corrected chi connectivity index (χ2v) is 7.37. The normalized spacial score (nSPS) is 15.4. The Labute approximate surface area is 172 Å². The lowest BCUT2D eigenvalue weighted by atomic mass is 10.0. The summed E-state index contributed by atoms with van der Waals surface area (Å²) in [6.45, 7) is 3.81. The molecule has 8 heteroatoms. The fourth-order valence-corrected chi connectivity index (χ4v) is 3.63. The zero-order valence-electron chi connectivity index (χ0n) is 16.4. The number of carbonyl (C=O) groups is 1. The molecule has 1 amide bonds. The van der Waals surface area contributed by atoms with Crippen molar-refractivity contribution in [3.63, 3.8) is 0 Å². The van der Waals surface area contributed by atoms with Crippen molar-refractivity contribution in [2.24, 2.45) is 0 Å². The Hall–Kier alpha value is -3.13. The lowest BCUT2D eigenvalue weighted by molar-refractivity contribution is -0.136. The van der Waals surface area contributed by atoms with E-state index in [0.717, 1.165) is 37.9 Å². The van der Waals surface area contributed by atoms with Crippen molar-refractivity contribution in [1.82, 2.24) is 9.88 Å². The number of hydrogen-bond acceptors (Lipinski definition) is 4. The molecule has 5 nitrogen and oxygen atoms in total. The first-order chi connectivity index (χ1) is 14.3. The van der Waals surface area contributed by atoms with Crippen molar-refractivity contribution in [2.75, 3.05) is 43.4 Å². The molecule has 1 fully saturated rings. The molecule has 0 atom stereocenters. The molecule has 4 rings (SSSR count). The molecule has 2 heterocycles. The van der Waals surface area contributed by atoms with Crippen molar-refractivity contribution in [3.05, 3.63) is 66.0 Å². The van der Waals surface area contributed by atoms with Crippen molar-refractivity contribution in [3.8, 4) is 0 Å². The van der Waals surface area contributed by atoms with Gasteiger partial charge in [0, 0.05) is 55.2 Å². The lowest BCUT2D eigenvalue weighted by Crippen LogP contribution is -2.44. The third kappa shape index (κ3) is 4.09. The SMILES string of the molecule is CN1CCN(c2ccc(C(=O)Nc3ccc(C(F)(F)F)c4ccncc34)cc2)CC1. The zero-order valence-corrected chi connectivity index (χ0v) is 16.4. The highest BCUT2D eigenvalue weighted by Gasteiger charge is 2.33. The molecule has 1 aliphatic heterocycles. The second kappa shape index (κ2) is 7.95. The summed E-state index contributed by atoms with van der Waals surface area (Å²) in [5.41, 5.74) is 1.02. The average molecular weight is 414 g/mol. The van der Waals surface area contributed by atoms with Crippen LogP contribution in [-0.4, -0.2) is 49.0 Å². The van der Waals surface area contributed by atoms with E-state index in [9.17, 15) is 18.0 Å². The number of piperazine rings is 1. The summed E-state index contributed by atoms with van der Waals surface area (Å²) in [5.74, 6) is -0.384. The van der Waals surface area contributed by atoms with Crippen LogP contribution in [0.4, 0.5) is 24.5 Å². The summed E-state index contributed by atoms with van der Waals surface area (Å²) in [6, 6.07) is 10.8. The molecule has 0 radical (unpaired) electrons. The van der Waals surface area contributed by atoms with Gasteiger partial charge in [0.05, 0.1) is 11.3 Å². The average Bonchev–Trinajstić information content (AvgIpc) is 2.74. The Bertz CT molecular complexity index is 1060. The van der Waals surface area contributed by atoms with Gasteiger partial charge in [-0.25, -0.2) is 0 Å². The summed E-state index contributed by atoms with van der Waals surface area (Å²) < 4.78 is 39.8. The van der Waals surface area contributed by atoms with Crippen LogP contribution in [0.1, 0.15) is 15.9 Å². The summed E-state index contributed by atoms with van der Waals surface area (Å²) in [7, 11) is 2.09. The van der Waals surface area contributed by atoms with Gasteiger partial charge in [-0.15, -0.1) is 0 Å². The minimum absolute atomic E-state index is 0.000661. The molecule has 3 aromatic rings. The number of carbonyl (C=O) groups excluding carboxylic acids is 1. The molecule has 30 heavy (non-hydrogen) atoms. The number of nitrogens with zero attached hydrogens (tertiary/aromatic N) is 3. The molecule has 1 aromatic heterocycles. The van der Waals surface area contributed by atoms with Crippen molar-refractivity contribution >= 4 is 28.1 Å². The third-order valence-corrected chi connectivity index (χ3v) is 5.37. The molecule has 1 saturated heterocycles. The van der Waals surface area contributed by atoms with E-state index >= 15 is 0 Å². The smallest absolute Gasteiger partial charge is 0.369 e. The summed E-state index contributed by atoms with van der Waals surface area (Å²) in [6.07, 6.45) is -1.85. The molecule has 156 valence electrons. The van der Waals surface area contributed by atoms with Crippen LogP contribution in [0.2, 0.25) is 0 Å². The molecule has 2 aromatic carbocycles. The van der Waals surface area contributed by atoms with Crippen LogP contribution in [-0.2, 0) is 6.18 Å². The molecule has 0 bridgehead atoms. The predicted molar refractivity (Wildman–Crippen MR) is 111 cm³/mol. The number of pyridine rings is 1. The van der Waals surface area contributed by atoms with E-state index in [2.05, 4.69) is 27.1 Å². The fraction of sp³-hybridized carbons (Fsp3) is 0.273. The number of likely N-dealkylation sites (N-methyl/N-ethyl adjacent to an activating group) is 1. The number of halogens is 3. The molecule has 0 aliphatic carbocycles. The number of hydrogen-bond donors (Lipinski definition) is 1. The number of amides is 1. The largest absolute Gasteiger partial charge is 0.417 e. The summed E-state index contributed by atoms with van der Waals surface area (Å²) in [5, 5.41) is 2.96. The van der Waals surface area contributed by atoms with E-state index in [1.165, 1.54) is 24.5 Å². The fourth-order valence-electron chi connectivity index (χ4n) is 3.63. The van der Waals surface area contributed by atoms with Crippen molar-refractivity contribution in [1.29, 1.82) is 0 Å². The van der Waals surface area contributed by atoms with Gasteiger partial charge < -0.3 is 15.1 Å². The van der Waals surface area contributed by atoms with E-state index < -0.39 is 11.7 Å². The van der Waals surface area contributed by atoms with E-state index in [1.807, 2.05) is 12.1 Å². The molecular formula is C22H21F3N4O. The Morgan fingerprint density at radius 3 is 2.33 bits per heavy atom. The number of aromatic nitrogens is 1. The maximum Gasteiger partial charge on any atom is 0.417 e. The van der Waals surface area contributed by atoms with Crippen LogP contribution in [0.3, 0.4) is 0 Å². The van der Waals surface area contributed by atoms with Gasteiger partial charge in [0.25, 0.3) is 5.91 Å². The van der Waals surface area contributed by atoms with E-state index in [-0.39, 0.29) is 16.7 Å². The number of fused-ring (bicyclic) bond motifs is 1. The summed E-state index contributed by atoms with van der Waals surface area (Å²) in [4.78, 5) is 21.1. The van der Waals surface area contributed by atoms with Crippen LogP contribution in [0.25, 0.3) is 10.8 Å². The molecular weight excluding hydrogens is 393 g/mol. The van der Waals surface area contributed by atoms with E-state index in [4.69, 9.17) is 0 Å². The van der Waals surface area contributed by atoms with Crippen molar-refractivity contribution in [2.45, 2.75) is 6.18 Å². The molecule has 0 spiro atoms. The summed E-state index contributed by atoms with van der Waals surface area (Å²) >= 11 is 0. The van der Waals surface area contributed by atoms with Crippen LogP contribution < -0.4 is 10.2 Å². The van der Waals surface area contributed by atoms with Gasteiger partial charge in [0.2, 0.25) is 0 Å². The van der Waals surface area contributed by atoms with Gasteiger partial charge in [0.15, 0.2) is 0 Å². The van der Waals surface area contributed by atoms with Crippen LogP contribution >= 0.6 is 0 Å². The van der Waals surface area contributed by atoms with Gasteiger partial charge in [-0.1, -0.05) is 0 Å². The predicted octanol–water partition coefficient (Wildman–Crippen LogP) is 4.26. The Balaban J connectivity index is 1.55. The van der Waals surface area contributed by atoms with Gasteiger partial charge >= 0.3 is 6.18 Å². The van der Waals surface area contributed by atoms with Gasteiger partial charge in [-0.05, 0) is 54.9 Å². The highest BCUT2D eigenvalue weighted by molar-refractivity contribution is 6.09. The first-order valence-corrected chi connectivity index (χ1v) is 9.62. The second-order valence-electron chi connectivity index (χ2n) is 7.37. The van der Waals surface area contributed by atoms with E-state index in [0.29, 0.717) is 11.3 Å². The first-order valence-electron chi connectivity index (χ1n) is 9.62. The van der Waals surface area contributed by atoms with Crippen molar-refractivity contribution < 1.29 is 18.0 Å². The highest BCUT2D eigenvalue weighted by atomic mass is 19.4. The zero-order chi connectivity index (χ0) is 21.3. The number of nitrogens with one attached hydrogen (secondary N) is 1. The highest BCUT2D eigenvalue weighted by Crippen LogP contribution is 2.37. The molecule has 0 saturated carbocycles. The van der Waals surface area contributed by atoms with Gasteiger partial charge in [-0.2, -0.15) is 13.2 Å². The number of anilines is 2. The maximum absolute atomic E-state index is 13.3. The quantitative estimate of drug-likeness (QED) is 0.696. The number of rotatable bonds is 3. The number of alkyl halides is 3. The Morgan fingerprint density at radius 1 is 0.967 bits per heavy atom. The minimum atomic E-state index is -4.48. The number of benzene rings is 2. The minimum Gasteiger partial charge on any atom is -0.369 e. The third-order valence-electron chi connectivity index (χ3n) is 5.37. The van der Waals surface area contributed by atoms with Crippen LogP contribution in [0.5, 0.6) is 0 Å². The standard InChI is InChI=1S/C22H21F3N4O/c1-28-10-12-29(13-11-28)16-4-2-15(3-5-16)21(30)27-20-7-6-19(22(23,24)25)17-8-9-26-14-18(17)20/h2-9,14H,10-13H2,1H3,(H,27,30). The van der Waals surface area contributed by atoms with E-state index in [1.54, 1.807) is 12.1 Å². The Kier molecular flexibility index (Phi) is 5.34. The lowest BCUT2D eigenvalue weighted by Gasteiger charge is -2.34.